The Kier molecular flexibility index (Phi) is 3.25. The normalized spacial score (nSPS) is 27.7. The summed E-state index contributed by atoms with van der Waals surface area (Å²) in [5.74, 6) is 1.40. The smallest absolute Gasteiger partial charge is 0.257 e. The zero-order valence-corrected chi connectivity index (χ0v) is 11.7. The molecule has 1 aliphatic heterocycles. The Hall–Kier alpha value is -1.82. The molecule has 108 valence electrons. The van der Waals surface area contributed by atoms with Gasteiger partial charge in [0, 0.05) is 11.9 Å². The number of rotatable bonds is 2. The van der Waals surface area contributed by atoms with Crippen molar-refractivity contribution in [3.05, 3.63) is 29.7 Å². The molecule has 5 N–H and O–H groups in total. The Morgan fingerprint density at radius 2 is 2.10 bits per heavy atom. The molecule has 20 heavy (non-hydrogen) atoms. The van der Waals surface area contributed by atoms with Gasteiger partial charge >= 0.3 is 0 Å². The topological polar surface area (TPSA) is 103 Å². The first kappa shape index (κ1) is 13.2. The van der Waals surface area contributed by atoms with Crippen molar-refractivity contribution in [2.45, 2.75) is 44.7 Å². The Balaban J connectivity index is 1.98. The summed E-state index contributed by atoms with van der Waals surface area (Å²) >= 11 is 0. The van der Waals surface area contributed by atoms with Crippen LogP contribution in [0, 0.1) is 12.8 Å². The van der Waals surface area contributed by atoms with E-state index in [-0.39, 0.29) is 0 Å². The molecule has 0 bridgehead atoms. The molecule has 0 amide bonds. The van der Waals surface area contributed by atoms with Crippen LogP contribution in [-0.4, -0.2) is 15.8 Å². The highest BCUT2D eigenvalue weighted by Crippen LogP contribution is 2.39. The number of hydrogen-bond donors (Lipinski definition) is 3. The van der Waals surface area contributed by atoms with Crippen LogP contribution in [0.2, 0.25) is 0 Å². The van der Waals surface area contributed by atoms with Crippen molar-refractivity contribution < 1.29 is 4.52 Å². The first-order chi connectivity index (χ1) is 9.59. The number of dihydropyridines is 1. The largest absolute Gasteiger partial charge is 0.398 e. The molecule has 1 aromatic heterocycles. The van der Waals surface area contributed by atoms with E-state index in [4.69, 9.17) is 16.0 Å². The third kappa shape index (κ3) is 2.20. The van der Waals surface area contributed by atoms with Crippen molar-refractivity contribution in [2.75, 3.05) is 0 Å². The summed E-state index contributed by atoms with van der Waals surface area (Å²) in [4.78, 5) is 4.31. The second-order valence-corrected chi connectivity index (χ2v) is 5.70. The number of nitrogens with zero attached hydrogens (tertiary/aromatic N) is 2. The molecule has 1 unspecified atom stereocenters. The van der Waals surface area contributed by atoms with Gasteiger partial charge in [0.05, 0.1) is 5.57 Å². The zero-order valence-electron chi connectivity index (χ0n) is 11.7. The molecule has 1 atom stereocenters. The molecule has 0 saturated heterocycles. The Labute approximate surface area is 118 Å². The summed E-state index contributed by atoms with van der Waals surface area (Å²) in [6, 6.07) is 0. The predicted octanol–water partition coefficient (Wildman–Crippen LogP) is 1.40. The average molecular weight is 275 g/mol. The predicted molar refractivity (Wildman–Crippen MR) is 75.9 cm³/mol. The van der Waals surface area contributed by atoms with Gasteiger partial charge in [-0.05, 0) is 31.8 Å². The van der Waals surface area contributed by atoms with E-state index in [0.717, 1.165) is 18.4 Å². The maximum absolute atomic E-state index is 6.67. The standard InChI is InChI=1S/C14H21N5O/c1-9-18-13(20-19-9)12-7-11(15)8-17-14(12,16)10-5-3-2-4-6-10/h7-8,10,17H,2-6,15-16H2,1H3. The third-order valence-electron chi connectivity index (χ3n) is 4.24. The van der Waals surface area contributed by atoms with Crippen molar-refractivity contribution in [2.24, 2.45) is 17.4 Å². The quantitative estimate of drug-likeness (QED) is 0.754. The van der Waals surface area contributed by atoms with Crippen LogP contribution in [0.25, 0.3) is 5.57 Å². The molecular formula is C14H21N5O. The SMILES string of the molecule is Cc1noc(C2=CC(N)=CNC2(N)C2CCCCC2)n1. The molecule has 6 nitrogen and oxygen atoms in total. The molecule has 3 rings (SSSR count). The lowest BCUT2D eigenvalue weighted by molar-refractivity contribution is 0.229. The van der Waals surface area contributed by atoms with E-state index in [1.54, 1.807) is 13.1 Å². The van der Waals surface area contributed by atoms with Crippen molar-refractivity contribution in [1.82, 2.24) is 15.5 Å². The first-order valence-electron chi connectivity index (χ1n) is 7.14. The third-order valence-corrected chi connectivity index (χ3v) is 4.24. The molecule has 2 heterocycles. The molecule has 2 aliphatic rings. The van der Waals surface area contributed by atoms with Crippen LogP contribution in [0.15, 0.2) is 22.5 Å². The summed E-state index contributed by atoms with van der Waals surface area (Å²) in [6.45, 7) is 1.79. The zero-order chi connectivity index (χ0) is 14.2. The van der Waals surface area contributed by atoms with Crippen LogP contribution in [0.4, 0.5) is 0 Å². The Morgan fingerprint density at radius 3 is 2.75 bits per heavy atom. The fourth-order valence-electron chi connectivity index (χ4n) is 3.15. The number of hydrogen-bond acceptors (Lipinski definition) is 6. The molecule has 1 fully saturated rings. The van der Waals surface area contributed by atoms with Gasteiger partial charge < -0.3 is 21.3 Å². The van der Waals surface area contributed by atoms with Gasteiger partial charge in [-0.3, -0.25) is 0 Å². The Morgan fingerprint density at radius 1 is 1.35 bits per heavy atom. The first-order valence-corrected chi connectivity index (χ1v) is 7.14. The monoisotopic (exact) mass is 275 g/mol. The molecule has 0 radical (unpaired) electrons. The summed E-state index contributed by atoms with van der Waals surface area (Å²) in [5, 5.41) is 7.12. The second-order valence-electron chi connectivity index (χ2n) is 5.70. The molecule has 1 aromatic rings. The number of allylic oxidation sites excluding steroid dienone is 1. The number of aromatic nitrogens is 2. The van der Waals surface area contributed by atoms with E-state index in [1.165, 1.54) is 19.3 Å². The van der Waals surface area contributed by atoms with E-state index in [9.17, 15) is 0 Å². The number of nitrogens with two attached hydrogens (primary N) is 2. The van der Waals surface area contributed by atoms with Gasteiger partial charge in [-0.1, -0.05) is 24.4 Å². The Bertz CT molecular complexity index is 556. The van der Waals surface area contributed by atoms with E-state index in [0.29, 0.717) is 23.3 Å². The van der Waals surface area contributed by atoms with Gasteiger partial charge in [0.2, 0.25) is 0 Å². The maximum atomic E-state index is 6.67. The van der Waals surface area contributed by atoms with Gasteiger partial charge in [0.1, 0.15) is 5.66 Å². The van der Waals surface area contributed by atoms with Crippen molar-refractivity contribution in [3.63, 3.8) is 0 Å². The number of aryl methyl sites for hydroxylation is 1. The minimum Gasteiger partial charge on any atom is -0.398 e. The van der Waals surface area contributed by atoms with E-state index < -0.39 is 5.66 Å². The van der Waals surface area contributed by atoms with Crippen molar-refractivity contribution in [3.8, 4) is 0 Å². The average Bonchev–Trinajstić information content (AvgIpc) is 2.89. The molecule has 6 heteroatoms. The highest BCUT2D eigenvalue weighted by Gasteiger charge is 2.42. The van der Waals surface area contributed by atoms with Gasteiger partial charge in [0.25, 0.3) is 5.89 Å². The second kappa shape index (κ2) is 4.94. The highest BCUT2D eigenvalue weighted by molar-refractivity contribution is 5.71. The van der Waals surface area contributed by atoms with E-state index in [2.05, 4.69) is 15.5 Å². The summed E-state index contributed by atoms with van der Waals surface area (Å²) in [5.41, 5.74) is 13.3. The summed E-state index contributed by atoms with van der Waals surface area (Å²) in [6.07, 6.45) is 9.51. The minimum absolute atomic E-state index is 0.346. The molecule has 0 aromatic carbocycles. The van der Waals surface area contributed by atoms with Crippen LogP contribution in [0.3, 0.4) is 0 Å². The van der Waals surface area contributed by atoms with Gasteiger partial charge in [0.15, 0.2) is 5.82 Å². The fraction of sp³-hybridized carbons (Fsp3) is 0.571. The molecular weight excluding hydrogens is 254 g/mol. The lowest BCUT2D eigenvalue weighted by Gasteiger charge is -2.42. The summed E-state index contributed by atoms with van der Waals surface area (Å²) < 4.78 is 5.31. The van der Waals surface area contributed by atoms with Crippen LogP contribution in [0.1, 0.15) is 43.8 Å². The lowest BCUT2D eigenvalue weighted by Crippen LogP contribution is -2.59. The highest BCUT2D eigenvalue weighted by atomic mass is 16.5. The fourth-order valence-corrected chi connectivity index (χ4v) is 3.15. The van der Waals surface area contributed by atoms with Gasteiger partial charge in [-0.25, -0.2) is 0 Å². The maximum Gasteiger partial charge on any atom is 0.257 e. The van der Waals surface area contributed by atoms with Crippen molar-refractivity contribution >= 4 is 5.57 Å². The van der Waals surface area contributed by atoms with Gasteiger partial charge in [-0.2, -0.15) is 4.98 Å². The minimum atomic E-state index is -0.678. The van der Waals surface area contributed by atoms with Crippen molar-refractivity contribution in [1.29, 1.82) is 0 Å². The summed E-state index contributed by atoms with van der Waals surface area (Å²) in [7, 11) is 0. The van der Waals surface area contributed by atoms with Crippen LogP contribution >= 0.6 is 0 Å². The van der Waals surface area contributed by atoms with E-state index >= 15 is 0 Å². The molecule has 1 saturated carbocycles. The van der Waals surface area contributed by atoms with Crippen LogP contribution in [-0.2, 0) is 0 Å². The lowest BCUT2D eigenvalue weighted by atomic mass is 9.75. The van der Waals surface area contributed by atoms with Crippen LogP contribution < -0.4 is 16.8 Å². The molecule has 1 aliphatic carbocycles. The van der Waals surface area contributed by atoms with Gasteiger partial charge in [-0.15, -0.1) is 0 Å². The molecule has 0 spiro atoms. The van der Waals surface area contributed by atoms with E-state index in [1.807, 2.05) is 6.08 Å². The van der Waals surface area contributed by atoms with Crippen LogP contribution in [0.5, 0.6) is 0 Å². The number of nitrogens with one attached hydrogen (secondary N) is 1.